The minimum Gasteiger partial charge on any atom is -0.456 e. The molecule has 1 nitrogen and oxygen atoms in total. The van der Waals surface area contributed by atoms with E-state index in [9.17, 15) is 0 Å². The summed E-state index contributed by atoms with van der Waals surface area (Å²) >= 11 is 0. The zero-order valence-corrected chi connectivity index (χ0v) is 24.5. The van der Waals surface area contributed by atoms with E-state index in [-0.39, 0.29) is 0 Å². The molecule has 0 aliphatic carbocycles. The fourth-order valence-corrected chi connectivity index (χ4v) is 6.74. The second-order valence-corrected chi connectivity index (χ2v) is 11.3. The van der Waals surface area contributed by atoms with E-state index in [1.807, 2.05) is 12.2 Å². The van der Waals surface area contributed by atoms with Crippen LogP contribution in [0, 0.1) is 6.92 Å². The second-order valence-electron chi connectivity index (χ2n) is 11.3. The molecule has 208 valence electrons. The van der Waals surface area contributed by atoms with Gasteiger partial charge in [0, 0.05) is 10.9 Å². The first-order valence-corrected chi connectivity index (χ1v) is 15.1. The smallest absolute Gasteiger partial charge is 0.135 e. The van der Waals surface area contributed by atoms with Gasteiger partial charge in [-0.2, -0.15) is 0 Å². The number of hydrogen-bond donors (Lipinski definition) is 0. The van der Waals surface area contributed by atoms with Crippen LogP contribution < -0.4 is 0 Å². The minimum atomic E-state index is 0.873. The predicted molar refractivity (Wildman–Crippen MR) is 189 cm³/mol. The van der Waals surface area contributed by atoms with Crippen LogP contribution in [-0.2, 0) is 0 Å². The molecule has 0 N–H and O–H groups in total. The normalized spacial score (nSPS) is 11.8. The number of furan rings is 1. The molecular weight excluding hydrogens is 532 g/mol. The van der Waals surface area contributed by atoms with Crippen molar-refractivity contribution >= 4 is 49.4 Å². The minimum absolute atomic E-state index is 0.873. The van der Waals surface area contributed by atoms with Crippen molar-refractivity contribution in [3.8, 4) is 33.4 Å². The SMILES string of the molecule is C=C/C=C\c1oc2ccc(-c3ccc(-c4c5ccccc5c(-c5cccc6ccccc56)c5ccccc45)cc3)cc2c1C. The molecule has 0 radical (unpaired) electrons. The Labute approximate surface area is 257 Å². The monoisotopic (exact) mass is 562 g/mol. The molecular formula is C43H30O. The van der Waals surface area contributed by atoms with Gasteiger partial charge in [-0.1, -0.05) is 140 Å². The van der Waals surface area contributed by atoms with Gasteiger partial charge in [0.1, 0.15) is 11.3 Å². The van der Waals surface area contributed by atoms with Crippen LogP contribution in [0.3, 0.4) is 0 Å². The van der Waals surface area contributed by atoms with Crippen molar-refractivity contribution in [3.05, 3.63) is 164 Å². The molecule has 8 aromatic rings. The van der Waals surface area contributed by atoms with Gasteiger partial charge in [0.05, 0.1) is 0 Å². The number of allylic oxidation sites excluding steroid dienone is 2. The second kappa shape index (κ2) is 10.6. The molecule has 0 atom stereocenters. The lowest BCUT2D eigenvalue weighted by atomic mass is 9.84. The molecule has 0 unspecified atom stereocenters. The summed E-state index contributed by atoms with van der Waals surface area (Å²) in [5.74, 6) is 0.873. The van der Waals surface area contributed by atoms with E-state index in [1.54, 1.807) is 6.08 Å². The van der Waals surface area contributed by atoms with Gasteiger partial charge in [-0.3, -0.25) is 0 Å². The van der Waals surface area contributed by atoms with E-state index < -0.39 is 0 Å². The summed E-state index contributed by atoms with van der Waals surface area (Å²) in [4.78, 5) is 0. The predicted octanol–water partition coefficient (Wildman–Crippen LogP) is 12.4. The quantitative estimate of drug-likeness (QED) is 0.150. The summed E-state index contributed by atoms with van der Waals surface area (Å²) in [7, 11) is 0. The van der Waals surface area contributed by atoms with Gasteiger partial charge in [0.2, 0.25) is 0 Å². The summed E-state index contributed by atoms with van der Waals surface area (Å²) < 4.78 is 6.08. The van der Waals surface area contributed by atoms with E-state index in [2.05, 4.69) is 147 Å². The van der Waals surface area contributed by atoms with Crippen LogP contribution in [-0.4, -0.2) is 0 Å². The Morgan fingerprint density at radius 1 is 0.523 bits per heavy atom. The summed E-state index contributed by atoms with van der Waals surface area (Å²) in [5, 5.41) is 8.72. The number of fused-ring (bicyclic) bond motifs is 4. The van der Waals surface area contributed by atoms with E-state index in [1.165, 1.54) is 65.7 Å². The highest BCUT2D eigenvalue weighted by molar-refractivity contribution is 6.23. The highest BCUT2D eigenvalue weighted by Gasteiger charge is 2.18. The maximum atomic E-state index is 6.08. The zero-order valence-electron chi connectivity index (χ0n) is 24.5. The van der Waals surface area contributed by atoms with Crippen LogP contribution in [0.5, 0.6) is 0 Å². The topological polar surface area (TPSA) is 13.1 Å². The third kappa shape index (κ3) is 4.17. The average Bonchev–Trinajstić information content (AvgIpc) is 3.40. The van der Waals surface area contributed by atoms with E-state index in [0.29, 0.717) is 0 Å². The van der Waals surface area contributed by atoms with Gasteiger partial charge in [0.25, 0.3) is 0 Å². The number of hydrogen-bond acceptors (Lipinski definition) is 1. The molecule has 8 rings (SSSR count). The molecule has 0 fully saturated rings. The van der Waals surface area contributed by atoms with Gasteiger partial charge in [0.15, 0.2) is 0 Å². The van der Waals surface area contributed by atoms with Crippen LogP contribution >= 0.6 is 0 Å². The van der Waals surface area contributed by atoms with Crippen molar-refractivity contribution < 1.29 is 4.42 Å². The largest absolute Gasteiger partial charge is 0.456 e. The van der Waals surface area contributed by atoms with Gasteiger partial charge in [-0.25, -0.2) is 0 Å². The van der Waals surface area contributed by atoms with E-state index in [4.69, 9.17) is 4.42 Å². The first kappa shape index (κ1) is 26.0. The van der Waals surface area contributed by atoms with Crippen molar-refractivity contribution in [2.75, 3.05) is 0 Å². The molecule has 0 amide bonds. The number of aryl methyl sites for hydroxylation is 1. The standard InChI is InChI=1S/C43H30O/c1-3-4-20-40-28(2)39-27-32(25-26-41(39)44-40)29-21-23-31(24-22-29)42-35-15-7-9-17-37(35)43(38-18-10-8-16-36(38)42)34-19-11-13-30-12-5-6-14-33(30)34/h3-27H,1H2,2H3/b20-4-. The third-order valence-electron chi connectivity index (χ3n) is 8.85. The Morgan fingerprint density at radius 2 is 1.09 bits per heavy atom. The van der Waals surface area contributed by atoms with Crippen LogP contribution in [0.4, 0.5) is 0 Å². The average molecular weight is 563 g/mol. The summed E-state index contributed by atoms with van der Waals surface area (Å²) in [6.07, 6.45) is 5.65. The lowest BCUT2D eigenvalue weighted by Gasteiger charge is -2.19. The molecule has 0 aliphatic rings. The van der Waals surface area contributed by atoms with Crippen molar-refractivity contribution in [1.29, 1.82) is 0 Å². The summed E-state index contributed by atoms with van der Waals surface area (Å²) in [5.41, 5.74) is 9.43. The van der Waals surface area contributed by atoms with Gasteiger partial charge >= 0.3 is 0 Å². The lowest BCUT2D eigenvalue weighted by Crippen LogP contribution is -1.91. The Morgan fingerprint density at radius 3 is 1.77 bits per heavy atom. The van der Waals surface area contributed by atoms with Gasteiger partial charge in [-0.15, -0.1) is 0 Å². The van der Waals surface area contributed by atoms with Crippen molar-refractivity contribution in [2.45, 2.75) is 6.92 Å². The van der Waals surface area contributed by atoms with E-state index in [0.717, 1.165) is 22.3 Å². The summed E-state index contributed by atoms with van der Waals surface area (Å²) in [6.45, 7) is 5.89. The highest BCUT2D eigenvalue weighted by Crippen LogP contribution is 2.45. The molecule has 1 heterocycles. The first-order chi connectivity index (χ1) is 21.7. The Balaban J connectivity index is 1.30. The van der Waals surface area contributed by atoms with Crippen LogP contribution in [0.25, 0.3) is 82.7 Å². The third-order valence-corrected chi connectivity index (χ3v) is 8.85. The Kier molecular flexibility index (Phi) is 6.24. The molecule has 0 spiro atoms. The fraction of sp³-hybridized carbons (Fsp3) is 0.0233. The maximum Gasteiger partial charge on any atom is 0.135 e. The van der Waals surface area contributed by atoms with Crippen LogP contribution in [0.2, 0.25) is 0 Å². The molecule has 1 aromatic heterocycles. The lowest BCUT2D eigenvalue weighted by molar-refractivity contribution is 0.601. The Bertz CT molecular complexity index is 2340. The van der Waals surface area contributed by atoms with Crippen molar-refractivity contribution in [2.24, 2.45) is 0 Å². The van der Waals surface area contributed by atoms with Crippen molar-refractivity contribution in [1.82, 2.24) is 0 Å². The van der Waals surface area contributed by atoms with Gasteiger partial charge in [-0.05, 0) is 90.8 Å². The van der Waals surface area contributed by atoms with Gasteiger partial charge < -0.3 is 4.42 Å². The maximum absolute atomic E-state index is 6.08. The number of benzene rings is 7. The van der Waals surface area contributed by atoms with E-state index >= 15 is 0 Å². The molecule has 0 bridgehead atoms. The highest BCUT2D eigenvalue weighted by atomic mass is 16.3. The van der Waals surface area contributed by atoms with Crippen LogP contribution in [0.1, 0.15) is 11.3 Å². The fourth-order valence-electron chi connectivity index (χ4n) is 6.74. The Hall–Kier alpha value is -5.66. The van der Waals surface area contributed by atoms with Crippen LogP contribution in [0.15, 0.2) is 157 Å². The molecule has 1 heteroatoms. The molecule has 0 saturated heterocycles. The first-order valence-electron chi connectivity index (χ1n) is 15.1. The van der Waals surface area contributed by atoms with Crippen molar-refractivity contribution in [3.63, 3.8) is 0 Å². The number of rotatable bonds is 5. The molecule has 7 aromatic carbocycles. The molecule has 44 heavy (non-hydrogen) atoms. The molecule has 0 saturated carbocycles. The zero-order chi connectivity index (χ0) is 29.6. The molecule has 0 aliphatic heterocycles. The summed E-state index contributed by atoms with van der Waals surface area (Å²) in [6, 6.07) is 48.5.